The first-order chi connectivity index (χ1) is 15.2. The third-order valence-electron chi connectivity index (χ3n) is 4.99. The first-order valence-corrected chi connectivity index (χ1v) is 9.41. The van der Waals surface area contributed by atoms with Gasteiger partial charge in [-0.1, -0.05) is 47.6 Å². The molecule has 0 N–H and O–H groups in total. The molecule has 0 radical (unpaired) electrons. The summed E-state index contributed by atoms with van der Waals surface area (Å²) in [7, 11) is 0. The fourth-order valence-electron chi connectivity index (χ4n) is 3.26. The van der Waals surface area contributed by atoms with Gasteiger partial charge in [-0.3, -0.25) is 9.59 Å². The van der Waals surface area contributed by atoms with E-state index in [2.05, 4.69) is 10.1 Å². The van der Waals surface area contributed by atoms with Crippen LogP contribution in [-0.4, -0.2) is 37.8 Å². The van der Waals surface area contributed by atoms with Gasteiger partial charge in [0.25, 0.3) is 0 Å². The number of hydrogen-bond donors (Lipinski definition) is 0. The van der Waals surface area contributed by atoms with Gasteiger partial charge in [-0.05, 0) is 24.6 Å². The average molecular weight is 444 g/mol. The molecule has 2 aromatic carbocycles. The van der Waals surface area contributed by atoms with E-state index in [1.54, 1.807) is 37.3 Å². The molecule has 4 amide bonds. The van der Waals surface area contributed by atoms with Gasteiger partial charge in [0.1, 0.15) is 6.54 Å². The summed E-state index contributed by atoms with van der Waals surface area (Å²) in [6.45, 7) is 1.17. The van der Waals surface area contributed by atoms with Gasteiger partial charge in [-0.25, -0.2) is 14.6 Å². The molecule has 32 heavy (non-hydrogen) atoms. The zero-order chi connectivity index (χ0) is 23.0. The highest BCUT2D eigenvalue weighted by molar-refractivity contribution is 6.44. The van der Waals surface area contributed by atoms with E-state index in [4.69, 9.17) is 4.52 Å². The highest BCUT2D eigenvalue weighted by Gasteiger charge is 2.47. The Kier molecular flexibility index (Phi) is 5.25. The zero-order valence-electron chi connectivity index (χ0n) is 16.5. The van der Waals surface area contributed by atoms with Crippen LogP contribution in [0.15, 0.2) is 59.1 Å². The second-order valence-electron chi connectivity index (χ2n) is 7.02. The number of aromatic nitrogens is 2. The molecule has 1 saturated heterocycles. The Morgan fingerprint density at radius 3 is 2.25 bits per heavy atom. The molecule has 1 fully saturated rings. The maximum Gasteiger partial charge on any atom is 0.416 e. The molecule has 164 valence electrons. The topological polar surface area (TPSA) is 96.6 Å². The lowest BCUT2D eigenvalue weighted by atomic mass is 10.1. The predicted octanol–water partition coefficient (Wildman–Crippen LogP) is 3.81. The number of halogens is 3. The lowest BCUT2D eigenvalue weighted by molar-refractivity contribution is -0.144. The molecule has 3 aromatic rings. The molecular weight excluding hydrogens is 429 g/mol. The van der Waals surface area contributed by atoms with Gasteiger partial charge >= 0.3 is 24.0 Å². The van der Waals surface area contributed by atoms with Crippen LogP contribution in [0.4, 0.5) is 18.0 Å². The summed E-state index contributed by atoms with van der Waals surface area (Å²) >= 11 is 0. The molecule has 1 atom stereocenters. The van der Waals surface area contributed by atoms with Crippen LogP contribution < -0.4 is 0 Å². The number of alkyl halides is 3. The SMILES string of the molecule is CC(c1ccccc1)N1C(=O)C(=O)N(Cc2nc(-c3ccc(C(F)(F)F)cc3)no2)C1=O. The number of urea groups is 1. The summed E-state index contributed by atoms with van der Waals surface area (Å²) in [5, 5.41) is 3.68. The Morgan fingerprint density at radius 1 is 0.969 bits per heavy atom. The van der Waals surface area contributed by atoms with Gasteiger partial charge in [-0.15, -0.1) is 0 Å². The van der Waals surface area contributed by atoms with Gasteiger partial charge in [0.15, 0.2) is 0 Å². The van der Waals surface area contributed by atoms with Crippen LogP contribution in [0.2, 0.25) is 0 Å². The summed E-state index contributed by atoms with van der Waals surface area (Å²) < 4.78 is 43.1. The molecule has 1 aliphatic rings. The Labute approximate surface area is 179 Å². The maximum atomic E-state index is 12.8. The second kappa shape index (κ2) is 7.91. The molecule has 11 heteroatoms. The van der Waals surface area contributed by atoms with E-state index >= 15 is 0 Å². The van der Waals surface area contributed by atoms with Crippen molar-refractivity contribution in [3.63, 3.8) is 0 Å². The van der Waals surface area contributed by atoms with Crippen LogP contribution in [0, 0.1) is 0 Å². The first kappa shape index (κ1) is 21.2. The summed E-state index contributed by atoms with van der Waals surface area (Å²) in [5.41, 5.74) is 0.0954. The lowest BCUT2D eigenvalue weighted by Gasteiger charge is -2.21. The normalized spacial score (nSPS) is 15.6. The van der Waals surface area contributed by atoms with Gasteiger partial charge in [0, 0.05) is 5.56 Å². The molecular formula is C21H15F3N4O4. The molecule has 1 aliphatic heterocycles. The number of rotatable bonds is 5. The van der Waals surface area contributed by atoms with Crippen molar-refractivity contribution in [2.24, 2.45) is 0 Å². The number of carbonyl (C=O) groups excluding carboxylic acids is 3. The van der Waals surface area contributed by atoms with Crippen molar-refractivity contribution in [3.8, 4) is 11.4 Å². The minimum Gasteiger partial charge on any atom is -0.337 e. The third kappa shape index (κ3) is 3.84. The highest BCUT2D eigenvalue weighted by atomic mass is 19.4. The van der Waals surface area contributed by atoms with Crippen molar-refractivity contribution in [2.45, 2.75) is 25.7 Å². The quantitative estimate of drug-likeness (QED) is 0.439. The van der Waals surface area contributed by atoms with E-state index in [1.165, 1.54) is 12.1 Å². The van der Waals surface area contributed by atoms with Crippen molar-refractivity contribution in [2.75, 3.05) is 0 Å². The lowest BCUT2D eigenvalue weighted by Crippen LogP contribution is -2.35. The number of benzene rings is 2. The average Bonchev–Trinajstić information content (AvgIpc) is 3.33. The van der Waals surface area contributed by atoms with Crippen LogP contribution in [-0.2, 0) is 22.3 Å². The Balaban J connectivity index is 1.51. The van der Waals surface area contributed by atoms with Crippen LogP contribution in [0.3, 0.4) is 0 Å². The molecule has 2 heterocycles. The van der Waals surface area contributed by atoms with Crippen molar-refractivity contribution >= 4 is 17.8 Å². The van der Waals surface area contributed by atoms with E-state index in [1.807, 2.05) is 0 Å². The van der Waals surface area contributed by atoms with E-state index in [0.717, 1.165) is 17.0 Å². The first-order valence-electron chi connectivity index (χ1n) is 9.41. The molecule has 8 nitrogen and oxygen atoms in total. The number of carbonyl (C=O) groups is 3. The number of hydrogen-bond acceptors (Lipinski definition) is 6. The molecule has 0 saturated carbocycles. The summed E-state index contributed by atoms with van der Waals surface area (Å²) in [5.74, 6) is -2.18. The van der Waals surface area contributed by atoms with Crippen molar-refractivity contribution < 1.29 is 32.1 Å². The van der Waals surface area contributed by atoms with E-state index in [9.17, 15) is 27.6 Å². The molecule has 1 unspecified atom stereocenters. The van der Waals surface area contributed by atoms with Gasteiger partial charge in [0.05, 0.1) is 11.6 Å². The van der Waals surface area contributed by atoms with Crippen LogP contribution in [0.25, 0.3) is 11.4 Å². The third-order valence-corrected chi connectivity index (χ3v) is 4.99. The molecule has 4 rings (SSSR count). The molecule has 0 spiro atoms. The molecule has 0 aliphatic carbocycles. The summed E-state index contributed by atoms with van der Waals surface area (Å²) in [6.07, 6.45) is -4.48. The van der Waals surface area contributed by atoms with E-state index < -0.39 is 42.2 Å². The second-order valence-corrected chi connectivity index (χ2v) is 7.02. The highest BCUT2D eigenvalue weighted by Crippen LogP contribution is 2.31. The Bertz CT molecular complexity index is 1180. The molecule has 0 bridgehead atoms. The Morgan fingerprint density at radius 2 is 1.62 bits per heavy atom. The summed E-state index contributed by atoms with van der Waals surface area (Å²) in [4.78, 5) is 43.1. The number of nitrogens with zero attached hydrogens (tertiary/aromatic N) is 4. The predicted molar refractivity (Wildman–Crippen MR) is 102 cm³/mol. The smallest absolute Gasteiger partial charge is 0.337 e. The summed E-state index contributed by atoms with van der Waals surface area (Å²) in [6, 6.07) is 11.3. The Hall–Kier alpha value is -4.02. The van der Waals surface area contributed by atoms with Crippen LogP contribution in [0.5, 0.6) is 0 Å². The number of amides is 4. The van der Waals surface area contributed by atoms with E-state index in [-0.39, 0.29) is 17.3 Å². The van der Waals surface area contributed by atoms with Crippen molar-refractivity contribution in [1.29, 1.82) is 0 Å². The standard InChI is InChI=1S/C21H15F3N4O4/c1-12(13-5-3-2-4-6-13)28-19(30)18(29)27(20(28)31)11-16-25-17(26-32-16)14-7-9-15(10-8-14)21(22,23)24/h2-10,12H,11H2,1H3. The van der Waals surface area contributed by atoms with Crippen LogP contribution >= 0.6 is 0 Å². The van der Waals surface area contributed by atoms with Crippen molar-refractivity contribution in [1.82, 2.24) is 19.9 Å². The van der Waals surface area contributed by atoms with E-state index in [0.29, 0.717) is 10.5 Å². The minimum absolute atomic E-state index is 0.0198. The fraction of sp³-hybridized carbons (Fsp3) is 0.190. The van der Waals surface area contributed by atoms with Gasteiger partial charge in [-0.2, -0.15) is 18.2 Å². The monoisotopic (exact) mass is 444 g/mol. The van der Waals surface area contributed by atoms with Crippen molar-refractivity contribution in [3.05, 3.63) is 71.6 Å². The largest absolute Gasteiger partial charge is 0.416 e. The van der Waals surface area contributed by atoms with Gasteiger partial charge in [0.2, 0.25) is 11.7 Å². The number of imide groups is 2. The molecule has 1 aromatic heterocycles. The van der Waals surface area contributed by atoms with Gasteiger partial charge < -0.3 is 4.52 Å². The fourth-order valence-corrected chi connectivity index (χ4v) is 3.26. The van der Waals surface area contributed by atoms with Crippen LogP contribution in [0.1, 0.15) is 30.0 Å². The minimum atomic E-state index is -4.48. The maximum absolute atomic E-state index is 12.8. The zero-order valence-corrected chi connectivity index (χ0v) is 16.5.